The van der Waals surface area contributed by atoms with Crippen LogP contribution in [0.3, 0.4) is 0 Å². The summed E-state index contributed by atoms with van der Waals surface area (Å²) in [6, 6.07) is 30.3. The summed E-state index contributed by atoms with van der Waals surface area (Å²) < 4.78 is 12.9. The summed E-state index contributed by atoms with van der Waals surface area (Å²) in [7, 11) is 2.91. The van der Waals surface area contributed by atoms with Gasteiger partial charge in [0.05, 0.1) is 14.2 Å². The van der Waals surface area contributed by atoms with Crippen LogP contribution in [0.15, 0.2) is 84.9 Å². The Morgan fingerprint density at radius 3 is 1.48 bits per heavy atom. The average molecular weight is 553 g/mol. The van der Waals surface area contributed by atoms with Crippen LogP contribution >= 0.6 is 7.92 Å². The van der Waals surface area contributed by atoms with Gasteiger partial charge in [-0.25, -0.2) is 0 Å². The summed E-state index contributed by atoms with van der Waals surface area (Å²) in [5.41, 5.74) is 8.52. The largest absolute Gasteiger partial charge is 0.496 e. The van der Waals surface area contributed by atoms with Gasteiger partial charge in [-0.05, 0) is 58.0 Å². The molecule has 3 heteroatoms. The summed E-state index contributed by atoms with van der Waals surface area (Å²) >= 11 is 0. The van der Waals surface area contributed by atoms with Crippen LogP contribution in [0.25, 0.3) is 11.1 Å². The maximum atomic E-state index is 6.57. The van der Waals surface area contributed by atoms with Crippen molar-refractivity contribution in [1.29, 1.82) is 0 Å². The predicted octanol–water partition coefficient (Wildman–Crippen LogP) is 9.87. The van der Waals surface area contributed by atoms with Crippen molar-refractivity contribution in [3.63, 3.8) is 0 Å². The first-order valence-corrected chi connectivity index (χ1v) is 15.5. The second-order valence-electron chi connectivity index (χ2n) is 12.6. The number of benzene rings is 4. The molecule has 0 bridgehead atoms. The Morgan fingerprint density at radius 1 is 0.600 bits per heavy atom. The highest BCUT2D eigenvalue weighted by atomic mass is 31.1. The van der Waals surface area contributed by atoms with Gasteiger partial charge >= 0.3 is 0 Å². The third kappa shape index (κ3) is 5.84. The van der Waals surface area contributed by atoms with Crippen molar-refractivity contribution in [2.45, 2.75) is 71.6 Å². The van der Waals surface area contributed by atoms with E-state index in [0.29, 0.717) is 0 Å². The van der Waals surface area contributed by atoms with Crippen molar-refractivity contribution in [3.05, 3.63) is 113 Å². The van der Waals surface area contributed by atoms with Crippen molar-refractivity contribution in [2.24, 2.45) is 0 Å². The zero-order chi connectivity index (χ0) is 29.2. The van der Waals surface area contributed by atoms with Gasteiger partial charge in [0.1, 0.15) is 11.5 Å². The second-order valence-corrected chi connectivity index (χ2v) is 16.4. The quantitative estimate of drug-likeness (QED) is 0.168. The predicted molar refractivity (Wildman–Crippen MR) is 174 cm³/mol. The van der Waals surface area contributed by atoms with Crippen molar-refractivity contribution in [2.75, 3.05) is 14.2 Å². The summed E-state index contributed by atoms with van der Waals surface area (Å²) in [6.07, 6.45) is 0. The molecule has 0 fully saturated rings. The monoisotopic (exact) mass is 552 g/mol. The van der Waals surface area contributed by atoms with E-state index in [1.54, 1.807) is 0 Å². The number of methoxy groups -OCH3 is 2. The molecule has 0 amide bonds. The third-order valence-electron chi connectivity index (χ3n) is 7.54. The fourth-order valence-electron chi connectivity index (χ4n) is 6.42. The average Bonchev–Trinajstić information content (AvgIpc) is 2.89. The zero-order valence-electron chi connectivity index (χ0n) is 25.9. The Morgan fingerprint density at radius 2 is 1.07 bits per heavy atom. The Balaban J connectivity index is 2.25. The molecule has 0 heterocycles. The number of ether oxygens (including phenoxy) is 2. The molecule has 0 N–H and O–H groups in total. The Hall–Kier alpha value is -3.09. The molecule has 0 saturated carbocycles. The highest BCUT2D eigenvalue weighted by Crippen LogP contribution is 2.63. The van der Waals surface area contributed by atoms with Crippen molar-refractivity contribution < 1.29 is 9.47 Å². The van der Waals surface area contributed by atoms with Gasteiger partial charge < -0.3 is 9.47 Å². The molecule has 210 valence electrons. The Labute approximate surface area is 243 Å². The van der Waals surface area contributed by atoms with Gasteiger partial charge in [-0.1, -0.05) is 128 Å². The van der Waals surface area contributed by atoms with Crippen LogP contribution in [0.1, 0.15) is 75.3 Å². The molecule has 0 radical (unpaired) electrons. The SMILES string of the molecule is COc1cc(C(c2ccccc2)c2ccccc2)c(OC)c(P(C(C)(C)C)C(C)(C)C)c1-c1c(C)cccc1C. The third-order valence-corrected chi connectivity index (χ3v) is 11.1. The molecule has 0 spiro atoms. The fraction of sp³-hybridized carbons (Fsp3) is 0.351. The normalized spacial score (nSPS) is 12.2. The fourth-order valence-corrected chi connectivity index (χ4v) is 10.6. The van der Waals surface area contributed by atoms with E-state index in [2.05, 4.69) is 140 Å². The molecule has 0 atom stereocenters. The number of aryl methyl sites for hydroxylation is 2. The van der Waals surface area contributed by atoms with Crippen LogP contribution in [-0.2, 0) is 0 Å². The van der Waals surface area contributed by atoms with Crippen molar-refractivity contribution in [3.8, 4) is 22.6 Å². The van der Waals surface area contributed by atoms with Crippen molar-refractivity contribution in [1.82, 2.24) is 0 Å². The van der Waals surface area contributed by atoms with Crippen LogP contribution in [0.4, 0.5) is 0 Å². The molecule has 40 heavy (non-hydrogen) atoms. The van der Waals surface area contributed by atoms with Gasteiger partial charge in [0.25, 0.3) is 0 Å². The number of rotatable bonds is 7. The number of hydrogen-bond donors (Lipinski definition) is 0. The smallest absolute Gasteiger partial charge is 0.131 e. The Kier molecular flexibility index (Phi) is 8.81. The Bertz CT molecular complexity index is 1370. The molecular formula is C37H45O2P. The standard InChI is InChI=1S/C37H45O2P/c1-25-18-17-19-26(2)31(25)33-30(38-9)24-29(34(39-10)35(33)40(36(3,4)5)37(6,7)8)32(27-20-13-11-14-21-27)28-22-15-12-16-23-28/h11-24,32H,1-10H3. The van der Waals surface area contributed by atoms with E-state index in [1.807, 2.05) is 14.2 Å². The van der Waals surface area contributed by atoms with Crippen LogP contribution in [-0.4, -0.2) is 24.5 Å². The van der Waals surface area contributed by atoms with E-state index in [9.17, 15) is 0 Å². The minimum Gasteiger partial charge on any atom is -0.496 e. The molecular weight excluding hydrogens is 507 g/mol. The summed E-state index contributed by atoms with van der Waals surface area (Å²) in [5, 5.41) is 1.33. The molecule has 2 nitrogen and oxygen atoms in total. The highest BCUT2D eigenvalue weighted by molar-refractivity contribution is 7.69. The van der Waals surface area contributed by atoms with Gasteiger partial charge in [-0.3, -0.25) is 0 Å². The lowest BCUT2D eigenvalue weighted by molar-refractivity contribution is 0.402. The summed E-state index contributed by atoms with van der Waals surface area (Å²) in [4.78, 5) is 0. The molecule has 4 rings (SSSR count). The lowest BCUT2D eigenvalue weighted by atomic mass is 9.83. The first-order chi connectivity index (χ1) is 18.9. The van der Waals surface area contributed by atoms with Gasteiger partial charge in [0, 0.05) is 22.3 Å². The van der Waals surface area contributed by atoms with Crippen molar-refractivity contribution >= 4 is 13.2 Å². The van der Waals surface area contributed by atoms with Crippen LogP contribution in [0, 0.1) is 13.8 Å². The minimum absolute atomic E-state index is 0.00574. The highest BCUT2D eigenvalue weighted by Gasteiger charge is 2.42. The maximum Gasteiger partial charge on any atom is 0.131 e. The summed E-state index contributed by atoms with van der Waals surface area (Å²) in [6.45, 7) is 18.7. The molecule has 0 aromatic heterocycles. The van der Waals surface area contributed by atoms with E-state index >= 15 is 0 Å². The van der Waals surface area contributed by atoms with Crippen LogP contribution < -0.4 is 14.8 Å². The first kappa shape index (κ1) is 29.9. The topological polar surface area (TPSA) is 18.5 Å². The van der Waals surface area contributed by atoms with E-state index in [4.69, 9.17) is 9.47 Å². The molecule has 0 aliphatic rings. The van der Waals surface area contributed by atoms with E-state index < -0.39 is 7.92 Å². The zero-order valence-corrected chi connectivity index (χ0v) is 26.8. The molecule has 0 unspecified atom stereocenters. The van der Waals surface area contributed by atoms with Gasteiger partial charge in [0.2, 0.25) is 0 Å². The molecule has 0 aliphatic heterocycles. The number of hydrogen-bond acceptors (Lipinski definition) is 2. The van der Waals surface area contributed by atoms with Gasteiger partial charge in [-0.15, -0.1) is 0 Å². The van der Waals surface area contributed by atoms with Gasteiger partial charge in [-0.2, -0.15) is 0 Å². The van der Waals surface area contributed by atoms with Gasteiger partial charge in [0.15, 0.2) is 0 Å². The lowest BCUT2D eigenvalue weighted by Gasteiger charge is -2.44. The lowest BCUT2D eigenvalue weighted by Crippen LogP contribution is -2.33. The van der Waals surface area contributed by atoms with Crippen LogP contribution in [0.2, 0.25) is 0 Å². The second kappa shape index (κ2) is 11.8. The minimum atomic E-state index is -0.739. The first-order valence-electron chi connectivity index (χ1n) is 14.2. The summed E-state index contributed by atoms with van der Waals surface area (Å²) in [5.74, 6) is 1.88. The van der Waals surface area contributed by atoms with E-state index in [-0.39, 0.29) is 16.2 Å². The maximum absolute atomic E-state index is 6.57. The molecule has 4 aromatic carbocycles. The molecule has 0 aliphatic carbocycles. The van der Waals surface area contributed by atoms with E-state index in [0.717, 1.165) is 17.1 Å². The van der Waals surface area contributed by atoms with Crippen LogP contribution in [0.5, 0.6) is 11.5 Å². The molecule has 0 saturated heterocycles. The molecule has 4 aromatic rings. The van der Waals surface area contributed by atoms with E-state index in [1.165, 1.54) is 38.7 Å².